The molecule has 13 heavy (non-hydrogen) atoms. The average Bonchev–Trinajstić information content (AvgIpc) is 2.59. The smallest absolute Gasteiger partial charge is 0.245 e. The van der Waals surface area contributed by atoms with E-state index in [0.717, 1.165) is 4.90 Å². The number of fused-ring (bicyclic) bond motifs is 1. The largest absolute Gasteiger partial charge is 0.501 e. The van der Waals surface area contributed by atoms with Crippen LogP contribution in [0.25, 0.3) is 0 Å². The zero-order chi connectivity index (χ0) is 9.59. The van der Waals surface area contributed by atoms with Crippen molar-refractivity contribution in [3.8, 4) is 0 Å². The van der Waals surface area contributed by atoms with Crippen LogP contribution in [0.5, 0.6) is 0 Å². The minimum atomic E-state index is -0.344. The molecule has 0 aromatic heterocycles. The van der Waals surface area contributed by atoms with Crippen LogP contribution < -0.4 is 0 Å². The molecule has 2 aliphatic heterocycles. The van der Waals surface area contributed by atoms with Crippen LogP contribution >= 0.6 is 0 Å². The molecule has 0 N–H and O–H groups in total. The molecule has 0 aromatic rings. The normalized spacial score (nSPS) is 21.1. The Morgan fingerprint density at radius 2 is 2.15 bits per heavy atom. The van der Waals surface area contributed by atoms with Gasteiger partial charge in [0.2, 0.25) is 0 Å². The highest BCUT2D eigenvalue weighted by molar-refractivity contribution is 6.70. The van der Waals surface area contributed by atoms with Gasteiger partial charge in [0.05, 0.1) is 14.1 Å². The maximum absolute atomic E-state index is 11.4. The van der Waals surface area contributed by atoms with Gasteiger partial charge in [-0.05, 0) is 0 Å². The topological polar surface area (TPSA) is 52.8 Å². The molecule has 0 radical (unpaired) electrons. The van der Waals surface area contributed by atoms with Gasteiger partial charge in [-0.3, -0.25) is 0 Å². The first kappa shape index (κ1) is 7.85. The van der Waals surface area contributed by atoms with Crippen LogP contribution in [0.15, 0.2) is 17.3 Å². The monoisotopic (exact) mass is 178 g/mol. The predicted octanol–water partition coefficient (Wildman–Crippen LogP) is -0.370. The Kier molecular flexibility index (Phi) is 1.42. The maximum Gasteiger partial charge on any atom is 0.501 e. The molecular formula is C8H8N3O2+. The molecular weight excluding hydrogens is 170 g/mol. The van der Waals surface area contributed by atoms with Crippen molar-refractivity contribution in [3.05, 3.63) is 12.3 Å². The number of imide groups is 1. The number of hydrogen-bond acceptors (Lipinski definition) is 3. The fourth-order valence-corrected chi connectivity index (χ4v) is 1.34. The Labute approximate surface area is 74.7 Å². The van der Waals surface area contributed by atoms with Crippen molar-refractivity contribution in [2.45, 2.75) is 0 Å². The lowest BCUT2D eigenvalue weighted by molar-refractivity contribution is -0.399. The SMILES string of the molecule is CN1C(=O)C2=NC=CC2=[N+](C)C1=O. The maximum atomic E-state index is 11.4. The van der Waals surface area contributed by atoms with Crippen LogP contribution in [0.3, 0.4) is 0 Å². The molecule has 0 bridgehead atoms. The van der Waals surface area contributed by atoms with E-state index in [4.69, 9.17) is 0 Å². The van der Waals surface area contributed by atoms with Crippen molar-refractivity contribution in [2.75, 3.05) is 14.1 Å². The highest BCUT2D eigenvalue weighted by Gasteiger charge is 2.42. The molecule has 0 unspecified atom stereocenters. The van der Waals surface area contributed by atoms with Gasteiger partial charge in [-0.25, -0.2) is 9.79 Å². The number of carbonyl (C=O) groups is 2. The van der Waals surface area contributed by atoms with Crippen LogP contribution in [0.4, 0.5) is 4.79 Å². The van der Waals surface area contributed by atoms with Crippen LogP contribution in [0, 0.1) is 0 Å². The number of carbonyl (C=O) groups excluding carboxylic acids is 2. The lowest BCUT2D eigenvalue weighted by atomic mass is 10.2. The van der Waals surface area contributed by atoms with E-state index in [1.54, 1.807) is 13.1 Å². The number of hydrogen-bond donors (Lipinski definition) is 0. The number of allylic oxidation sites excluding steroid dienone is 1. The van der Waals surface area contributed by atoms with Gasteiger partial charge >= 0.3 is 11.9 Å². The summed E-state index contributed by atoms with van der Waals surface area (Å²) in [6.45, 7) is 0. The summed E-state index contributed by atoms with van der Waals surface area (Å²) in [6, 6.07) is -0.328. The summed E-state index contributed by atoms with van der Waals surface area (Å²) in [5.41, 5.74) is 0.915. The molecule has 0 saturated heterocycles. The number of urea groups is 1. The van der Waals surface area contributed by atoms with Gasteiger partial charge in [-0.15, -0.1) is 0 Å². The van der Waals surface area contributed by atoms with E-state index in [0.29, 0.717) is 11.4 Å². The first-order chi connectivity index (χ1) is 6.13. The van der Waals surface area contributed by atoms with Crippen molar-refractivity contribution in [2.24, 2.45) is 4.99 Å². The van der Waals surface area contributed by atoms with Gasteiger partial charge in [0, 0.05) is 12.3 Å². The lowest BCUT2D eigenvalue weighted by Gasteiger charge is -2.14. The molecule has 0 fully saturated rings. The van der Waals surface area contributed by atoms with E-state index in [9.17, 15) is 9.59 Å². The fraction of sp³-hybridized carbons (Fsp3) is 0.250. The Hall–Kier alpha value is -1.78. The van der Waals surface area contributed by atoms with Gasteiger partial charge in [-0.1, -0.05) is 0 Å². The Morgan fingerprint density at radius 1 is 1.46 bits per heavy atom. The summed E-state index contributed by atoms with van der Waals surface area (Å²) in [5.74, 6) is -0.344. The van der Waals surface area contributed by atoms with Crippen LogP contribution in [0.1, 0.15) is 0 Å². The van der Waals surface area contributed by atoms with Gasteiger partial charge < -0.3 is 0 Å². The number of nitrogens with zero attached hydrogens (tertiary/aromatic N) is 3. The highest BCUT2D eigenvalue weighted by atomic mass is 16.2. The number of rotatable bonds is 0. The standard InChI is InChI=1S/C8H8N3O2/c1-10-5-3-4-9-6(5)7(12)11(2)8(10)13/h3-4H,1-2H3/q+1. The Morgan fingerprint density at radius 3 is 2.85 bits per heavy atom. The third-order valence-corrected chi connectivity index (χ3v) is 2.12. The molecule has 0 aliphatic carbocycles. The van der Waals surface area contributed by atoms with Gasteiger partial charge in [0.25, 0.3) is 0 Å². The number of aliphatic imine (C=N–C) groups is 1. The third-order valence-electron chi connectivity index (χ3n) is 2.12. The van der Waals surface area contributed by atoms with E-state index in [1.165, 1.54) is 17.8 Å². The second-order valence-electron chi connectivity index (χ2n) is 2.88. The summed E-state index contributed by atoms with van der Waals surface area (Å²) in [4.78, 5) is 27.8. The highest BCUT2D eigenvalue weighted by Crippen LogP contribution is 2.08. The average molecular weight is 178 g/mol. The molecule has 5 nitrogen and oxygen atoms in total. The molecule has 5 heteroatoms. The van der Waals surface area contributed by atoms with Crippen molar-refractivity contribution in [1.82, 2.24) is 4.90 Å². The summed E-state index contributed by atoms with van der Waals surface area (Å²) in [5, 5.41) is 0. The molecule has 0 spiro atoms. The van der Waals surface area contributed by atoms with E-state index in [2.05, 4.69) is 4.99 Å². The van der Waals surface area contributed by atoms with Crippen molar-refractivity contribution in [3.63, 3.8) is 0 Å². The molecule has 2 heterocycles. The van der Waals surface area contributed by atoms with Crippen molar-refractivity contribution in [1.29, 1.82) is 0 Å². The van der Waals surface area contributed by atoms with E-state index in [1.807, 2.05) is 0 Å². The number of amides is 3. The second-order valence-corrected chi connectivity index (χ2v) is 2.88. The van der Waals surface area contributed by atoms with Crippen LogP contribution in [0.2, 0.25) is 0 Å². The molecule has 0 aromatic carbocycles. The second kappa shape index (κ2) is 2.35. The molecule has 2 rings (SSSR count). The summed E-state index contributed by atoms with van der Waals surface area (Å²) in [6.07, 6.45) is 3.17. The summed E-state index contributed by atoms with van der Waals surface area (Å²) in [7, 11) is 3.06. The van der Waals surface area contributed by atoms with Crippen LogP contribution in [-0.4, -0.2) is 46.9 Å². The first-order valence-electron chi connectivity index (χ1n) is 3.80. The zero-order valence-electron chi connectivity index (χ0n) is 7.31. The van der Waals surface area contributed by atoms with Crippen molar-refractivity contribution >= 4 is 23.4 Å². The Bertz CT molecular complexity index is 404. The molecule has 0 saturated carbocycles. The minimum Gasteiger partial charge on any atom is -0.245 e. The Balaban J connectivity index is 2.63. The van der Waals surface area contributed by atoms with E-state index in [-0.39, 0.29) is 11.9 Å². The van der Waals surface area contributed by atoms with Crippen molar-refractivity contribution < 1.29 is 14.2 Å². The minimum absolute atomic E-state index is 0.328. The summed E-state index contributed by atoms with van der Waals surface area (Å²) >= 11 is 0. The lowest BCUT2D eigenvalue weighted by Crippen LogP contribution is -2.51. The predicted molar refractivity (Wildman–Crippen MR) is 45.9 cm³/mol. The first-order valence-corrected chi connectivity index (χ1v) is 3.80. The fourth-order valence-electron chi connectivity index (χ4n) is 1.34. The molecule has 3 amide bonds. The zero-order valence-corrected chi connectivity index (χ0v) is 7.31. The quantitative estimate of drug-likeness (QED) is 0.475. The van der Waals surface area contributed by atoms with Crippen LogP contribution in [-0.2, 0) is 4.79 Å². The third kappa shape index (κ3) is 0.867. The molecule has 2 aliphatic rings. The van der Waals surface area contributed by atoms with Gasteiger partial charge in [-0.2, -0.15) is 14.3 Å². The molecule has 0 atom stereocenters. The van der Waals surface area contributed by atoms with Gasteiger partial charge in [0.1, 0.15) is 0 Å². The van der Waals surface area contributed by atoms with E-state index >= 15 is 0 Å². The molecule has 66 valence electrons. The van der Waals surface area contributed by atoms with E-state index < -0.39 is 0 Å². The van der Waals surface area contributed by atoms with Gasteiger partial charge in [0.15, 0.2) is 11.4 Å². The summed E-state index contributed by atoms with van der Waals surface area (Å²) < 4.78 is 1.41.